The SMILES string of the molecule is COCCOc1ccc(N2C(=S)NC(c3ccccn3)C2c2cc(C)n(-c3cc(Cl)ccc3C)c2C)cc1Cl. The van der Waals surface area contributed by atoms with Gasteiger partial charge in [0.2, 0.25) is 0 Å². The Kier molecular flexibility index (Phi) is 8.14. The molecule has 202 valence electrons. The summed E-state index contributed by atoms with van der Waals surface area (Å²) < 4.78 is 13.1. The van der Waals surface area contributed by atoms with Crippen molar-refractivity contribution in [1.29, 1.82) is 0 Å². The quantitative estimate of drug-likeness (QED) is 0.174. The van der Waals surface area contributed by atoms with Crippen molar-refractivity contribution >= 4 is 46.2 Å². The number of aryl methyl sites for hydroxylation is 2. The molecule has 3 heterocycles. The average molecular weight is 582 g/mol. The van der Waals surface area contributed by atoms with Crippen LogP contribution in [0.1, 0.15) is 40.3 Å². The fourth-order valence-corrected chi connectivity index (χ4v) is 5.96. The second-order valence-electron chi connectivity index (χ2n) is 9.55. The van der Waals surface area contributed by atoms with Crippen molar-refractivity contribution in [1.82, 2.24) is 14.9 Å². The van der Waals surface area contributed by atoms with E-state index in [1.54, 1.807) is 13.3 Å². The summed E-state index contributed by atoms with van der Waals surface area (Å²) in [4.78, 5) is 6.81. The van der Waals surface area contributed by atoms with E-state index in [-0.39, 0.29) is 12.1 Å². The van der Waals surface area contributed by atoms with Gasteiger partial charge < -0.3 is 24.3 Å². The maximum Gasteiger partial charge on any atom is 0.174 e. The van der Waals surface area contributed by atoms with Gasteiger partial charge in [-0.1, -0.05) is 35.3 Å². The number of benzene rings is 2. The monoisotopic (exact) mass is 580 g/mol. The summed E-state index contributed by atoms with van der Waals surface area (Å²) >= 11 is 19.0. The minimum atomic E-state index is -0.178. The smallest absolute Gasteiger partial charge is 0.174 e. The molecule has 4 aromatic rings. The topological polar surface area (TPSA) is 51.6 Å². The first kappa shape index (κ1) is 27.5. The minimum Gasteiger partial charge on any atom is -0.490 e. The normalized spacial score (nSPS) is 17.0. The van der Waals surface area contributed by atoms with Gasteiger partial charge in [0.05, 0.1) is 29.4 Å². The van der Waals surface area contributed by atoms with Gasteiger partial charge in [-0.05, 0) is 92.6 Å². The molecule has 0 bridgehead atoms. The minimum absolute atomic E-state index is 0.176. The number of nitrogens with one attached hydrogen (secondary N) is 1. The lowest BCUT2D eigenvalue weighted by Gasteiger charge is -2.28. The zero-order chi connectivity index (χ0) is 27.7. The molecule has 2 atom stereocenters. The van der Waals surface area contributed by atoms with Crippen molar-refractivity contribution in [3.8, 4) is 11.4 Å². The van der Waals surface area contributed by atoms with Crippen molar-refractivity contribution in [3.63, 3.8) is 0 Å². The molecular weight excluding hydrogens is 551 g/mol. The van der Waals surface area contributed by atoms with E-state index >= 15 is 0 Å². The summed E-state index contributed by atoms with van der Waals surface area (Å²) in [6.07, 6.45) is 1.81. The number of methoxy groups -OCH3 is 1. The van der Waals surface area contributed by atoms with Gasteiger partial charge in [0.15, 0.2) is 5.11 Å². The number of aromatic nitrogens is 2. The van der Waals surface area contributed by atoms with Crippen LogP contribution in [0.4, 0.5) is 5.69 Å². The second-order valence-corrected chi connectivity index (χ2v) is 10.8. The highest BCUT2D eigenvalue weighted by Gasteiger charge is 2.42. The molecule has 1 aliphatic rings. The van der Waals surface area contributed by atoms with E-state index in [2.05, 4.69) is 46.6 Å². The molecule has 1 fully saturated rings. The van der Waals surface area contributed by atoms with Gasteiger partial charge in [0.1, 0.15) is 12.4 Å². The number of thiocarbonyl (C=S) groups is 1. The molecule has 0 radical (unpaired) electrons. The Labute approximate surface area is 244 Å². The molecule has 9 heteroatoms. The third kappa shape index (κ3) is 5.37. The number of hydrogen-bond donors (Lipinski definition) is 1. The van der Waals surface area contributed by atoms with Crippen LogP contribution in [0.3, 0.4) is 0 Å². The molecule has 2 unspecified atom stereocenters. The van der Waals surface area contributed by atoms with Crippen LogP contribution in [0.25, 0.3) is 5.69 Å². The van der Waals surface area contributed by atoms with E-state index in [1.165, 1.54) is 0 Å². The molecule has 1 aliphatic heterocycles. The second kappa shape index (κ2) is 11.6. The summed E-state index contributed by atoms with van der Waals surface area (Å²) in [6, 6.07) is 19.5. The Morgan fingerprint density at radius 2 is 1.82 bits per heavy atom. The number of halogens is 2. The van der Waals surface area contributed by atoms with Crippen LogP contribution in [-0.2, 0) is 4.74 Å². The van der Waals surface area contributed by atoms with Gasteiger partial charge in [-0.15, -0.1) is 0 Å². The Bertz CT molecular complexity index is 1510. The Morgan fingerprint density at radius 1 is 1.00 bits per heavy atom. The summed E-state index contributed by atoms with van der Waals surface area (Å²) in [5, 5.41) is 5.34. The van der Waals surface area contributed by atoms with Crippen molar-refractivity contribution in [2.24, 2.45) is 0 Å². The van der Waals surface area contributed by atoms with Crippen LogP contribution in [0.5, 0.6) is 5.75 Å². The van der Waals surface area contributed by atoms with Crippen LogP contribution < -0.4 is 15.0 Å². The predicted octanol–water partition coefficient (Wildman–Crippen LogP) is 7.31. The first-order valence-corrected chi connectivity index (χ1v) is 13.8. The highest BCUT2D eigenvalue weighted by Crippen LogP contribution is 2.45. The molecule has 0 amide bonds. The number of pyridine rings is 1. The highest BCUT2D eigenvalue weighted by atomic mass is 35.5. The van der Waals surface area contributed by atoms with Gasteiger partial charge >= 0.3 is 0 Å². The predicted molar refractivity (Wildman–Crippen MR) is 162 cm³/mol. The lowest BCUT2D eigenvalue weighted by molar-refractivity contribution is 0.146. The van der Waals surface area contributed by atoms with Crippen LogP contribution in [-0.4, -0.2) is 35.0 Å². The fraction of sp³-hybridized carbons (Fsp3) is 0.267. The van der Waals surface area contributed by atoms with E-state index < -0.39 is 0 Å². The van der Waals surface area contributed by atoms with Crippen LogP contribution in [0, 0.1) is 20.8 Å². The van der Waals surface area contributed by atoms with Crippen LogP contribution in [0.15, 0.2) is 66.9 Å². The Hall–Kier alpha value is -3.10. The van der Waals surface area contributed by atoms with Crippen molar-refractivity contribution < 1.29 is 9.47 Å². The maximum absolute atomic E-state index is 6.67. The molecule has 0 aliphatic carbocycles. The lowest BCUT2D eigenvalue weighted by Crippen LogP contribution is -2.29. The Balaban J connectivity index is 1.62. The number of hydrogen-bond acceptors (Lipinski definition) is 4. The summed E-state index contributed by atoms with van der Waals surface area (Å²) in [7, 11) is 1.64. The average Bonchev–Trinajstić information content (AvgIpc) is 3.42. The van der Waals surface area contributed by atoms with Gasteiger partial charge in [-0.2, -0.15) is 0 Å². The highest BCUT2D eigenvalue weighted by molar-refractivity contribution is 7.80. The molecule has 1 N–H and O–H groups in total. The summed E-state index contributed by atoms with van der Waals surface area (Å²) in [5.74, 6) is 0.600. The van der Waals surface area contributed by atoms with Gasteiger partial charge in [0, 0.05) is 41.1 Å². The van der Waals surface area contributed by atoms with Gasteiger partial charge in [-0.3, -0.25) is 4.98 Å². The molecule has 2 aromatic carbocycles. The van der Waals surface area contributed by atoms with E-state index in [1.807, 2.05) is 54.6 Å². The molecule has 5 rings (SSSR count). The molecular formula is C30H30Cl2N4O2S. The molecule has 6 nitrogen and oxygen atoms in total. The van der Waals surface area contributed by atoms with Crippen molar-refractivity contribution in [2.75, 3.05) is 25.2 Å². The standard InChI is InChI=1S/C30H30Cl2N4O2S/c1-18-8-9-21(31)16-26(18)35-19(2)15-23(20(35)3)29-28(25-7-5-6-12-33-25)34-30(39)36(29)22-10-11-27(24(32)17-22)38-14-13-37-4/h5-12,15-17,28-29H,13-14H2,1-4H3,(H,34,39). The molecule has 0 spiro atoms. The molecule has 0 saturated carbocycles. The van der Waals surface area contributed by atoms with E-state index in [9.17, 15) is 0 Å². The third-order valence-electron chi connectivity index (χ3n) is 7.04. The largest absolute Gasteiger partial charge is 0.490 e. The van der Waals surface area contributed by atoms with Crippen LogP contribution in [0.2, 0.25) is 10.0 Å². The Morgan fingerprint density at radius 3 is 2.54 bits per heavy atom. The van der Waals surface area contributed by atoms with Crippen LogP contribution >= 0.6 is 35.4 Å². The molecule has 39 heavy (non-hydrogen) atoms. The molecule has 2 aromatic heterocycles. The van der Waals surface area contributed by atoms with E-state index in [0.29, 0.717) is 34.1 Å². The lowest BCUT2D eigenvalue weighted by atomic mass is 9.96. The maximum atomic E-state index is 6.67. The summed E-state index contributed by atoms with van der Waals surface area (Å²) in [5.41, 5.74) is 7.30. The number of rotatable bonds is 8. The van der Waals surface area contributed by atoms with E-state index in [4.69, 9.17) is 44.9 Å². The van der Waals surface area contributed by atoms with Crippen molar-refractivity contribution in [3.05, 3.63) is 105 Å². The van der Waals surface area contributed by atoms with Gasteiger partial charge in [-0.25, -0.2) is 0 Å². The number of nitrogens with zero attached hydrogens (tertiary/aromatic N) is 3. The zero-order valence-electron chi connectivity index (χ0n) is 22.2. The van der Waals surface area contributed by atoms with Gasteiger partial charge in [0.25, 0.3) is 0 Å². The zero-order valence-corrected chi connectivity index (χ0v) is 24.6. The van der Waals surface area contributed by atoms with Crippen molar-refractivity contribution in [2.45, 2.75) is 32.9 Å². The summed E-state index contributed by atoms with van der Waals surface area (Å²) in [6.45, 7) is 7.24. The first-order chi connectivity index (χ1) is 18.8. The molecule has 1 saturated heterocycles. The fourth-order valence-electron chi connectivity index (χ4n) is 5.22. The number of anilines is 1. The van der Waals surface area contributed by atoms with E-state index in [0.717, 1.165) is 39.6 Å². The first-order valence-electron chi connectivity index (χ1n) is 12.7. The number of ether oxygens (including phenoxy) is 2. The third-order valence-corrected chi connectivity index (χ3v) is 7.88.